The van der Waals surface area contributed by atoms with E-state index < -0.39 is 0 Å². The number of thioether (sulfide) groups is 2. The van der Waals surface area contributed by atoms with Crippen molar-refractivity contribution in [1.82, 2.24) is 25.1 Å². The molecule has 0 aliphatic carbocycles. The summed E-state index contributed by atoms with van der Waals surface area (Å²) in [5, 5.41) is 11.8. The Morgan fingerprint density at radius 3 is 2.50 bits per heavy atom. The summed E-state index contributed by atoms with van der Waals surface area (Å²) in [7, 11) is 2.93. The van der Waals surface area contributed by atoms with E-state index in [-0.39, 0.29) is 34.6 Å². The smallest absolute Gasteiger partial charge is 0.277 e. The zero-order chi connectivity index (χ0) is 23.8. The van der Waals surface area contributed by atoms with E-state index in [4.69, 9.17) is 13.9 Å². The van der Waals surface area contributed by atoms with E-state index in [1.807, 2.05) is 30.3 Å². The van der Waals surface area contributed by atoms with Crippen molar-refractivity contribution >= 4 is 35.4 Å². The Bertz CT molecular complexity index is 1230. The SMILES string of the molecule is COc1cc(OC)nc(NC(=O)CSc2nnc(-c3cccnc3SCc3ccccc3)o2)n1. The number of aromatic nitrogens is 5. The number of rotatable bonds is 10. The van der Waals surface area contributed by atoms with Crippen LogP contribution in [0, 0.1) is 0 Å². The molecule has 0 bridgehead atoms. The summed E-state index contributed by atoms with van der Waals surface area (Å²) >= 11 is 2.69. The van der Waals surface area contributed by atoms with Gasteiger partial charge >= 0.3 is 0 Å². The second kappa shape index (κ2) is 11.5. The predicted molar refractivity (Wildman–Crippen MR) is 128 cm³/mol. The second-order valence-corrected chi connectivity index (χ2v) is 8.51. The molecule has 0 radical (unpaired) electrons. The molecule has 34 heavy (non-hydrogen) atoms. The van der Waals surface area contributed by atoms with E-state index in [0.29, 0.717) is 5.89 Å². The first-order valence-electron chi connectivity index (χ1n) is 10.00. The highest BCUT2D eigenvalue weighted by Crippen LogP contribution is 2.32. The number of carbonyl (C=O) groups is 1. The normalized spacial score (nSPS) is 10.6. The molecule has 1 aromatic carbocycles. The average molecular weight is 497 g/mol. The van der Waals surface area contributed by atoms with Crippen molar-refractivity contribution in [2.24, 2.45) is 0 Å². The fourth-order valence-corrected chi connectivity index (χ4v) is 4.23. The van der Waals surface area contributed by atoms with Crippen LogP contribution in [0.1, 0.15) is 5.56 Å². The van der Waals surface area contributed by atoms with Crippen molar-refractivity contribution in [2.75, 3.05) is 25.3 Å². The van der Waals surface area contributed by atoms with Gasteiger partial charge in [-0.25, -0.2) is 4.98 Å². The van der Waals surface area contributed by atoms with Gasteiger partial charge in [-0.15, -0.1) is 22.0 Å². The zero-order valence-corrected chi connectivity index (χ0v) is 19.9. The lowest BCUT2D eigenvalue weighted by Gasteiger charge is -2.07. The number of methoxy groups -OCH3 is 2. The van der Waals surface area contributed by atoms with Crippen LogP contribution in [0.15, 0.2) is 69.4 Å². The van der Waals surface area contributed by atoms with Crippen LogP contribution in [0.5, 0.6) is 11.8 Å². The monoisotopic (exact) mass is 496 g/mol. The van der Waals surface area contributed by atoms with Gasteiger partial charge in [-0.1, -0.05) is 42.1 Å². The van der Waals surface area contributed by atoms with E-state index in [9.17, 15) is 4.79 Å². The van der Waals surface area contributed by atoms with E-state index >= 15 is 0 Å². The second-order valence-electron chi connectivity index (χ2n) is 6.62. The summed E-state index contributed by atoms with van der Waals surface area (Å²) in [6.07, 6.45) is 1.73. The lowest BCUT2D eigenvalue weighted by atomic mass is 10.2. The van der Waals surface area contributed by atoms with Crippen LogP contribution in [0.25, 0.3) is 11.5 Å². The maximum atomic E-state index is 12.3. The fraction of sp³-hybridized carbons (Fsp3) is 0.182. The van der Waals surface area contributed by atoms with Crippen LogP contribution in [0.3, 0.4) is 0 Å². The Labute approximate surface area is 203 Å². The van der Waals surface area contributed by atoms with Gasteiger partial charge < -0.3 is 13.9 Å². The number of ether oxygens (including phenoxy) is 2. The third-order valence-corrected chi connectivity index (χ3v) is 6.20. The molecule has 0 saturated carbocycles. The number of amides is 1. The number of anilines is 1. The molecule has 1 amide bonds. The number of hydrogen-bond donors (Lipinski definition) is 1. The van der Waals surface area contributed by atoms with Gasteiger partial charge in [0.2, 0.25) is 23.6 Å². The van der Waals surface area contributed by atoms with Crippen LogP contribution in [0.2, 0.25) is 0 Å². The van der Waals surface area contributed by atoms with Crippen LogP contribution in [-0.4, -0.2) is 51.0 Å². The van der Waals surface area contributed by atoms with Crippen LogP contribution < -0.4 is 14.8 Å². The van der Waals surface area contributed by atoms with Crippen molar-refractivity contribution in [1.29, 1.82) is 0 Å². The van der Waals surface area contributed by atoms with Gasteiger partial charge in [-0.3, -0.25) is 10.1 Å². The molecular formula is C22H20N6O4S2. The topological polar surface area (TPSA) is 125 Å². The van der Waals surface area contributed by atoms with Gasteiger partial charge in [0.1, 0.15) is 5.03 Å². The third kappa shape index (κ3) is 6.23. The van der Waals surface area contributed by atoms with Gasteiger partial charge in [0.25, 0.3) is 11.1 Å². The predicted octanol–water partition coefficient (Wildman–Crippen LogP) is 3.96. The third-order valence-electron chi connectivity index (χ3n) is 4.30. The summed E-state index contributed by atoms with van der Waals surface area (Å²) in [5.74, 6) is 1.39. The molecule has 10 nitrogen and oxygen atoms in total. The number of hydrogen-bond acceptors (Lipinski definition) is 11. The van der Waals surface area contributed by atoms with Gasteiger partial charge in [-0.2, -0.15) is 9.97 Å². The first-order valence-corrected chi connectivity index (χ1v) is 12.0. The van der Waals surface area contributed by atoms with Crippen LogP contribution in [-0.2, 0) is 10.5 Å². The summed E-state index contributed by atoms with van der Waals surface area (Å²) in [6.45, 7) is 0. The molecular weight excluding hydrogens is 476 g/mol. The Balaban J connectivity index is 1.37. The maximum Gasteiger partial charge on any atom is 0.277 e. The highest BCUT2D eigenvalue weighted by molar-refractivity contribution is 7.99. The number of nitrogens with one attached hydrogen (secondary N) is 1. The molecule has 0 spiro atoms. The minimum absolute atomic E-state index is 0.0210. The van der Waals surface area contributed by atoms with Crippen molar-refractivity contribution < 1.29 is 18.7 Å². The quantitative estimate of drug-likeness (QED) is 0.321. The molecule has 0 unspecified atom stereocenters. The van der Waals surface area contributed by atoms with Gasteiger partial charge in [0.15, 0.2) is 0 Å². The first-order chi connectivity index (χ1) is 16.6. The molecule has 0 saturated heterocycles. The Morgan fingerprint density at radius 1 is 1.00 bits per heavy atom. The van der Waals surface area contributed by atoms with E-state index in [1.165, 1.54) is 25.8 Å². The molecule has 0 aliphatic heterocycles. The lowest BCUT2D eigenvalue weighted by Crippen LogP contribution is -2.16. The zero-order valence-electron chi connectivity index (χ0n) is 18.3. The molecule has 0 fully saturated rings. The van der Waals surface area contributed by atoms with Gasteiger partial charge in [-0.05, 0) is 17.7 Å². The fourth-order valence-electron chi connectivity index (χ4n) is 2.73. The summed E-state index contributed by atoms with van der Waals surface area (Å²) < 4.78 is 15.9. The van der Waals surface area contributed by atoms with Gasteiger partial charge in [0, 0.05) is 11.9 Å². The highest BCUT2D eigenvalue weighted by atomic mass is 32.2. The molecule has 0 atom stereocenters. The molecule has 3 heterocycles. The Morgan fingerprint density at radius 2 is 1.76 bits per heavy atom. The number of pyridine rings is 1. The van der Waals surface area contributed by atoms with E-state index in [2.05, 4.69) is 42.6 Å². The van der Waals surface area contributed by atoms with Crippen molar-refractivity contribution in [3.8, 4) is 23.2 Å². The standard InChI is InChI=1S/C22H20N6O4S2/c1-30-17-11-18(31-2)26-21(25-17)24-16(29)13-34-22-28-27-19(32-22)15-9-6-10-23-20(15)33-12-14-7-4-3-5-8-14/h3-11H,12-13H2,1-2H3,(H,24,25,26,29). The minimum Gasteiger partial charge on any atom is -0.481 e. The number of benzene rings is 1. The van der Waals surface area contributed by atoms with Crippen LogP contribution in [0.4, 0.5) is 5.95 Å². The summed E-state index contributed by atoms with van der Waals surface area (Å²) in [4.78, 5) is 24.9. The number of carbonyl (C=O) groups excluding carboxylic acids is 1. The van der Waals surface area contributed by atoms with E-state index in [0.717, 1.165) is 28.1 Å². The van der Waals surface area contributed by atoms with E-state index in [1.54, 1.807) is 18.0 Å². The molecule has 12 heteroatoms. The Hall–Kier alpha value is -3.64. The Kier molecular flexibility index (Phi) is 7.94. The van der Waals surface area contributed by atoms with Crippen LogP contribution >= 0.6 is 23.5 Å². The average Bonchev–Trinajstić information content (AvgIpc) is 3.35. The molecule has 4 rings (SSSR count). The molecule has 174 valence electrons. The first kappa shape index (κ1) is 23.5. The molecule has 3 aromatic heterocycles. The van der Waals surface area contributed by atoms with Gasteiger partial charge in [0.05, 0.1) is 31.6 Å². The summed E-state index contributed by atoms with van der Waals surface area (Å²) in [6, 6.07) is 15.3. The minimum atomic E-state index is -0.347. The maximum absolute atomic E-state index is 12.3. The van der Waals surface area contributed by atoms with Crippen molar-refractivity contribution in [2.45, 2.75) is 16.0 Å². The molecule has 4 aromatic rings. The highest BCUT2D eigenvalue weighted by Gasteiger charge is 2.16. The molecule has 1 N–H and O–H groups in total. The molecule has 0 aliphatic rings. The van der Waals surface area contributed by atoms with Crippen molar-refractivity contribution in [3.05, 3.63) is 60.3 Å². The largest absolute Gasteiger partial charge is 0.481 e. The lowest BCUT2D eigenvalue weighted by molar-refractivity contribution is -0.113. The number of nitrogens with zero attached hydrogens (tertiary/aromatic N) is 5. The van der Waals surface area contributed by atoms with Crippen molar-refractivity contribution in [3.63, 3.8) is 0 Å². The summed E-state index contributed by atoms with van der Waals surface area (Å²) in [5.41, 5.74) is 1.93.